The Hall–Kier alpha value is -0.280. The molecule has 0 amide bonds. The minimum Gasteiger partial charge on any atom is -0.299 e. The monoisotopic (exact) mass is 284 g/mol. The van der Waals surface area contributed by atoms with Crippen LogP contribution in [0.25, 0.3) is 0 Å². The smallest absolute Gasteiger partial charge is 0.136 e. The summed E-state index contributed by atoms with van der Waals surface area (Å²) in [5.41, 5.74) is 0. The summed E-state index contributed by atoms with van der Waals surface area (Å²) in [6.07, 6.45) is 1.77. The number of ketones is 1. The molecular weight excluding hydrogens is 272 g/mol. The highest BCUT2D eigenvalue weighted by Gasteiger charge is 2.31. The molecule has 0 aliphatic heterocycles. The van der Waals surface area contributed by atoms with E-state index in [0.717, 1.165) is 17.3 Å². The molecule has 1 nitrogen and oxygen atoms in total. The van der Waals surface area contributed by atoms with Crippen LogP contribution in [0.1, 0.15) is 19.8 Å². The summed E-state index contributed by atoms with van der Waals surface area (Å²) >= 11 is 5.35. The van der Waals surface area contributed by atoms with Crippen LogP contribution < -0.4 is 0 Å². The Morgan fingerprint density at radius 3 is 2.73 bits per heavy atom. The van der Waals surface area contributed by atoms with Gasteiger partial charge in [-0.25, -0.2) is 0 Å². The molecule has 2 rings (SSSR count). The van der Waals surface area contributed by atoms with Crippen LogP contribution in [-0.4, -0.2) is 11.0 Å². The second-order valence-corrected chi connectivity index (χ2v) is 6.02. The van der Waals surface area contributed by atoms with E-state index in [9.17, 15) is 4.79 Å². The topological polar surface area (TPSA) is 17.1 Å². The molecule has 0 aromatic heterocycles. The molecule has 15 heavy (non-hydrogen) atoms. The summed E-state index contributed by atoms with van der Waals surface area (Å²) in [6.45, 7) is 2.05. The third-order valence-electron chi connectivity index (χ3n) is 2.86. The van der Waals surface area contributed by atoms with Crippen LogP contribution in [-0.2, 0) is 4.79 Å². The second kappa shape index (κ2) is 4.71. The molecule has 1 saturated carbocycles. The van der Waals surface area contributed by atoms with E-state index in [4.69, 9.17) is 0 Å². The third kappa shape index (κ3) is 2.45. The van der Waals surface area contributed by atoms with Crippen molar-refractivity contribution in [3.8, 4) is 0 Å². The van der Waals surface area contributed by atoms with Gasteiger partial charge in [-0.2, -0.15) is 0 Å². The number of benzene rings is 1. The standard InChI is InChI=1S/C12H13BrOS/c1-8-10(14)6-7-11(8)15-12-5-3-2-4-9(12)13/h2-5,8,11H,6-7H2,1H3. The van der Waals surface area contributed by atoms with Crippen molar-refractivity contribution in [3.63, 3.8) is 0 Å². The van der Waals surface area contributed by atoms with Gasteiger partial charge in [-0.15, -0.1) is 11.8 Å². The van der Waals surface area contributed by atoms with Gasteiger partial charge in [0.15, 0.2) is 0 Å². The summed E-state index contributed by atoms with van der Waals surface area (Å²) in [5.74, 6) is 0.627. The predicted octanol–water partition coefficient (Wildman–Crippen LogP) is 3.91. The van der Waals surface area contributed by atoms with Crippen LogP contribution in [0.15, 0.2) is 33.6 Å². The van der Waals surface area contributed by atoms with Crippen LogP contribution >= 0.6 is 27.7 Å². The van der Waals surface area contributed by atoms with Crippen molar-refractivity contribution in [2.75, 3.05) is 0 Å². The lowest BCUT2D eigenvalue weighted by Gasteiger charge is -2.14. The average Bonchev–Trinajstić information content (AvgIpc) is 2.53. The van der Waals surface area contributed by atoms with Crippen molar-refractivity contribution in [1.29, 1.82) is 0 Å². The van der Waals surface area contributed by atoms with Crippen molar-refractivity contribution in [2.45, 2.75) is 29.9 Å². The number of rotatable bonds is 2. The molecule has 0 heterocycles. The van der Waals surface area contributed by atoms with E-state index in [-0.39, 0.29) is 5.92 Å². The molecule has 3 heteroatoms. The molecule has 0 radical (unpaired) electrons. The molecule has 0 N–H and O–H groups in total. The zero-order chi connectivity index (χ0) is 10.8. The molecule has 2 unspecified atom stereocenters. The van der Waals surface area contributed by atoms with Gasteiger partial charge in [0.25, 0.3) is 0 Å². The van der Waals surface area contributed by atoms with E-state index in [2.05, 4.69) is 22.0 Å². The normalized spacial score (nSPS) is 25.9. The molecule has 1 aromatic rings. The zero-order valence-electron chi connectivity index (χ0n) is 8.57. The number of thioether (sulfide) groups is 1. The van der Waals surface area contributed by atoms with Gasteiger partial charge in [-0.05, 0) is 34.5 Å². The van der Waals surface area contributed by atoms with E-state index in [1.807, 2.05) is 36.9 Å². The first-order valence-corrected chi connectivity index (χ1v) is 6.79. The summed E-state index contributed by atoms with van der Waals surface area (Å²) in [7, 11) is 0. The van der Waals surface area contributed by atoms with Crippen molar-refractivity contribution in [2.24, 2.45) is 5.92 Å². The van der Waals surface area contributed by atoms with Crippen LogP contribution in [0.5, 0.6) is 0 Å². The highest BCUT2D eigenvalue weighted by Crippen LogP contribution is 2.39. The van der Waals surface area contributed by atoms with Crippen LogP contribution in [0.2, 0.25) is 0 Å². The average molecular weight is 285 g/mol. The van der Waals surface area contributed by atoms with Crippen LogP contribution in [0.3, 0.4) is 0 Å². The zero-order valence-corrected chi connectivity index (χ0v) is 11.0. The van der Waals surface area contributed by atoms with Gasteiger partial charge in [-0.1, -0.05) is 19.1 Å². The van der Waals surface area contributed by atoms with Crippen molar-refractivity contribution in [1.82, 2.24) is 0 Å². The Morgan fingerprint density at radius 2 is 2.13 bits per heavy atom. The Bertz CT molecular complexity index is 378. The molecule has 1 aliphatic rings. The lowest BCUT2D eigenvalue weighted by Crippen LogP contribution is -2.11. The molecule has 1 fully saturated rings. The van der Waals surface area contributed by atoms with Gasteiger partial charge in [0.2, 0.25) is 0 Å². The van der Waals surface area contributed by atoms with Gasteiger partial charge in [-0.3, -0.25) is 4.79 Å². The van der Waals surface area contributed by atoms with Gasteiger partial charge in [0.1, 0.15) is 5.78 Å². The molecular formula is C12H13BrOS. The van der Waals surface area contributed by atoms with Crippen molar-refractivity contribution < 1.29 is 4.79 Å². The Kier molecular flexibility index (Phi) is 3.52. The summed E-state index contributed by atoms with van der Waals surface area (Å²) in [4.78, 5) is 12.7. The second-order valence-electron chi connectivity index (χ2n) is 3.88. The van der Waals surface area contributed by atoms with Gasteiger partial charge >= 0.3 is 0 Å². The maximum Gasteiger partial charge on any atom is 0.136 e. The molecule has 2 atom stereocenters. The van der Waals surface area contributed by atoms with Crippen molar-refractivity contribution >= 4 is 33.5 Å². The number of hydrogen-bond donors (Lipinski definition) is 0. The Balaban J connectivity index is 2.10. The summed E-state index contributed by atoms with van der Waals surface area (Å²) in [6, 6.07) is 8.19. The Labute approximate surface area is 103 Å². The highest BCUT2D eigenvalue weighted by molar-refractivity contribution is 9.10. The molecule has 0 bridgehead atoms. The molecule has 1 aliphatic carbocycles. The maximum atomic E-state index is 11.4. The first-order chi connectivity index (χ1) is 7.18. The van der Waals surface area contributed by atoms with Crippen molar-refractivity contribution in [3.05, 3.63) is 28.7 Å². The number of halogens is 1. The maximum absolute atomic E-state index is 11.4. The summed E-state index contributed by atoms with van der Waals surface area (Å²) < 4.78 is 1.13. The molecule has 0 spiro atoms. The number of carbonyl (C=O) groups excluding carboxylic acids is 1. The predicted molar refractivity (Wildman–Crippen MR) is 67.2 cm³/mol. The van der Waals surface area contributed by atoms with Gasteiger partial charge in [0.05, 0.1) is 0 Å². The first kappa shape index (κ1) is 11.2. The fraction of sp³-hybridized carbons (Fsp3) is 0.417. The highest BCUT2D eigenvalue weighted by atomic mass is 79.9. The fourth-order valence-electron chi connectivity index (χ4n) is 1.83. The third-order valence-corrected chi connectivity index (χ3v) is 5.37. The number of hydrogen-bond acceptors (Lipinski definition) is 2. The van der Waals surface area contributed by atoms with E-state index in [1.54, 1.807) is 0 Å². The Morgan fingerprint density at radius 1 is 1.40 bits per heavy atom. The molecule has 80 valence electrons. The van der Waals surface area contributed by atoms with Crippen LogP contribution in [0.4, 0.5) is 0 Å². The van der Waals surface area contributed by atoms with Crippen LogP contribution in [0, 0.1) is 5.92 Å². The molecule has 0 saturated heterocycles. The van der Waals surface area contributed by atoms with E-state index in [0.29, 0.717) is 11.0 Å². The van der Waals surface area contributed by atoms with Gasteiger partial charge < -0.3 is 0 Å². The lowest BCUT2D eigenvalue weighted by atomic mass is 10.1. The fourth-order valence-corrected chi connectivity index (χ4v) is 3.65. The van der Waals surface area contributed by atoms with E-state index < -0.39 is 0 Å². The quantitative estimate of drug-likeness (QED) is 0.819. The summed E-state index contributed by atoms with van der Waals surface area (Å²) in [5, 5.41) is 0.455. The van der Waals surface area contributed by atoms with E-state index >= 15 is 0 Å². The van der Waals surface area contributed by atoms with Gasteiger partial charge in [0, 0.05) is 27.0 Å². The van der Waals surface area contributed by atoms with E-state index in [1.165, 1.54) is 4.90 Å². The first-order valence-electron chi connectivity index (χ1n) is 5.12. The minimum absolute atomic E-state index is 0.210. The SMILES string of the molecule is CC1C(=O)CCC1Sc1ccccc1Br. The number of Topliss-reactive ketones (excluding diaryl/α,β-unsaturated/α-hetero) is 1. The number of carbonyl (C=O) groups is 1. The molecule has 1 aromatic carbocycles. The largest absolute Gasteiger partial charge is 0.299 e. The minimum atomic E-state index is 0.210. The lowest BCUT2D eigenvalue weighted by molar-refractivity contribution is -0.120.